The molecule has 35 heavy (non-hydrogen) atoms. The molecule has 2 aliphatic rings. The second-order valence-corrected chi connectivity index (χ2v) is 10.4. The van der Waals surface area contributed by atoms with E-state index < -0.39 is 0 Å². The van der Waals surface area contributed by atoms with Gasteiger partial charge in [-0.25, -0.2) is 4.98 Å². The summed E-state index contributed by atoms with van der Waals surface area (Å²) in [5.74, 6) is 1.29. The number of hydrogen-bond acceptors (Lipinski definition) is 6. The van der Waals surface area contributed by atoms with Crippen LogP contribution in [-0.2, 0) is 0 Å². The van der Waals surface area contributed by atoms with Crippen molar-refractivity contribution in [1.29, 1.82) is 0 Å². The number of methoxy groups -OCH3 is 2. The van der Waals surface area contributed by atoms with E-state index in [-0.39, 0.29) is 23.9 Å². The highest BCUT2D eigenvalue weighted by atomic mass is 32.1. The lowest BCUT2D eigenvalue weighted by molar-refractivity contribution is 0.0684. The predicted molar refractivity (Wildman–Crippen MR) is 135 cm³/mol. The van der Waals surface area contributed by atoms with Gasteiger partial charge < -0.3 is 19.7 Å². The molecule has 3 aromatic rings. The van der Waals surface area contributed by atoms with Crippen molar-refractivity contribution in [3.05, 3.63) is 64.3 Å². The fourth-order valence-electron chi connectivity index (χ4n) is 5.03. The number of thiazole rings is 1. The standard InChI is InChI=1S/C27H29N3O4S/c1-15-6-5-7-17(10-15)25-24(29-16(2)35-25)27(32)30-19(11-18-12-22(18)30)14-28-26(31)21-9-8-20(33-3)13-23(21)34-4/h5-10,13,18-19,22H,11-12,14H2,1-4H3,(H,28,31)/t18-,19-,22-/m0/s1. The van der Waals surface area contributed by atoms with Crippen LogP contribution in [0.15, 0.2) is 42.5 Å². The Bertz CT molecular complexity index is 1290. The molecule has 0 bridgehead atoms. The molecule has 7 nitrogen and oxygen atoms in total. The smallest absolute Gasteiger partial charge is 0.274 e. The molecular weight excluding hydrogens is 462 g/mol. The van der Waals surface area contributed by atoms with Gasteiger partial charge in [-0.1, -0.05) is 29.8 Å². The summed E-state index contributed by atoms with van der Waals surface area (Å²) in [5, 5.41) is 3.89. The van der Waals surface area contributed by atoms with Gasteiger partial charge >= 0.3 is 0 Å². The van der Waals surface area contributed by atoms with Crippen LogP contribution in [0.5, 0.6) is 11.5 Å². The van der Waals surface area contributed by atoms with Crippen molar-refractivity contribution in [3.8, 4) is 21.9 Å². The quantitative estimate of drug-likeness (QED) is 0.527. The van der Waals surface area contributed by atoms with Crippen molar-refractivity contribution in [2.24, 2.45) is 5.92 Å². The van der Waals surface area contributed by atoms with Crippen LogP contribution in [0.1, 0.15) is 44.3 Å². The third-order valence-corrected chi connectivity index (χ3v) is 7.83. The van der Waals surface area contributed by atoms with Crippen molar-refractivity contribution in [3.63, 3.8) is 0 Å². The van der Waals surface area contributed by atoms with Gasteiger partial charge in [0.05, 0.1) is 35.7 Å². The van der Waals surface area contributed by atoms with E-state index in [0.29, 0.717) is 35.2 Å². The molecular formula is C27H29N3O4S. The van der Waals surface area contributed by atoms with Gasteiger partial charge in [-0.15, -0.1) is 11.3 Å². The number of amides is 2. The number of rotatable bonds is 7. The minimum Gasteiger partial charge on any atom is -0.497 e. The van der Waals surface area contributed by atoms with E-state index in [1.165, 1.54) is 7.11 Å². The molecule has 0 spiro atoms. The fraction of sp³-hybridized carbons (Fsp3) is 0.370. The Morgan fingerprint density at radius 3 is 2.69 bits per heavy atom. The van der Waals surface area contributed by atoms with Crippen LogP contribution < -0.4 is 14.8 Å². The van der Waals surface area contributed by atoms with Crippen molar-refractivity contribution < 1.29 is 19.1 Å². The molecule has 0 unspecified atom stereocenters. The first-order chi connectivity index (χ1) is 16.9. The van der Waals surface area contributed by atoms with E-state index in [2.05, 4.69) is 16.4 Å². The van der Waals surface area contributed by atoms with Crippen molar-refractivity contribution in [2.75, 3.05) is 20.8 Å². The molecule has 1 aliphatic carbocycles. The average molecular weight is 492 g/mol. The Balaban J connectivity index is 1.34. The maximum atomic E-state index is 13.8. The molecule has 2 heterocycles. The Kier molecular flexibility index (Phi) is 6.23. The number of benzene rings is 2. The summed E-state index contributed by atoms with van der Waals surface area (Å²) in [7, 11) is 3.10. The lowest BCUT2D eigenvalue weighted by Crippen LogP contribution is -2.45. The number of hydrogen-bond donors (Lipinski definition) is 1. The number of carbonyl (C=O) groups excluding carboxylic acids is 2. The molecule has 1 aromatic heterocycles. The number of aromatic nitrogens is 1. The van der Waals surface area contributed by atoms with Gasteiger partial charge in [-0.3, -0.25) is 9.59 Å². The zero-order valence-electron chi connectivity index (χ0n) is 20.3. The van der Waals surface area contributed by atoms with E-state index >= 15 is 0 Å². The summed E-state index contributed by atoms with van der Waals surface area (Å²) in [4.78, 5) is 34.3. The van der Waals surface area contributed by atoms with Crippen LogP contribution in [0.2, 0.25) is 0 Å². The van der Waals surface area contributed by atoms with Crippen molar-refractivity contribution >= 4 is 23.2 Å². The molecule has 1 saturated carbocycles. The second kappa shape index (κ2) is 9.34. The van der Waals surface area contributed by atoms with Crippen LogP contribution in [0.25, 0.3) is 10.4 Å². The van der Waals surface area contributed by atoms with E-state index in [9.17, 15) is 9.59 Å². The van der Waals surface area contributed by atoms with Gasteiger partial charge in [-0.05, 0) is 50.3 Å². The lowest BCUT2D eigenvalue weighted by atomic mass is 10.1. The second-order valence-electron chi connectivity index (χ2n) is 9.22. The summed E-state index contributed by atoms with van der Waals surface area (Å²) < 4.78 is 10.6. The Hall–Kier alpha value is -3.39. The number of piperidine rings is 1. The third-order valence-electron chi connectivity index (χ3n) is 6.81. The normalized spacial score (nSPS) is 20.3. The van der Waals surface area contributed by atoms with E-state index in [4.69, 9.17) is 9.47 Å². The lowest BCUT2D eigenvalue weighted by Gasteiger charge is -2.28. The molecule has 2 fully saturated rings. The highest BCUT2D eigenvalue weighted by Gasteiger charge is 2.54. The van der Waals surface area contributed by atoms with E-state index in [1.54, 1.807) is 36.6 Å². The van der Waals surface area contributed by atoms with Crippen LogP contribution >= 0.6 is 11.3 Å². The molecule has 2 amide bonds. The predicted octanol–water partition coefficient (Wildman–Crippen LogP) is 4.48. The minimum atomic E-state index is -0.234. The van der Waals surface area contributed by atoms with Gasteiger partial charge in [0.25, 0.3) is 11.8 Å². The minimum absolute atomic E-state index is 0.0443. The molecule has 5 rings (SSSR count). The SMILES string of the molecule is COc1ccc(C(=O)NC[C@@H]2C[C@H]3C[C@@H]3N2C(=O)c2nc(C)sc2-c2cccc(C)c2)c(OC)c1. The van der Waals surface area contributed by atoms with Gasteiger partial charge in [0.2, 0.25) is 0 Å². The monoisotopic (exact) mass is 491 g/mol. The van der Waals surface area contributed by atoms with E-state index in [0.717, 1.165) is 33.9 Å². The van der Waals surface area contributed by atoms with Gasteiger partial charge in [-0.2, -0.15) is 0 Å². The van der Waals surface area contributed by atoms with Gasteiger partial charge in [0, 0.05) is 18.7 Å². The summed E-state index contributed by atoms with van der Waals surface area (Å²) in [6, 6.07) is 13.4. The van der Waals surface area contributed by atoms with Crippen LogP contribution in [0.4, 0.5) is 0 Å². The Morgan fingerprint density at radius 2 is 1.94 bits per heavy atom. The maximum absolute atomic E-state index is 13.8. The number of likely N-dealkylation sites (tertiary alicyclic amines) is 1. The topological polar surface area (TPSA) is 80.8 Å². The first-order valence-electron chi connectivity index (χ1n) is 11.8. The molecule has 2 aromatic carbocycles. The molecule has 3 atom stereocenters. The third kappa shape index (κ3) is 4.50. The average Bonchev–Trinajstić information content (AvgIpc) is 3.35. The first kappa shape index (κ1) is 23.4. The Morgan fingerprint density at radius 1 is 1.11 bits per heavy atom. The maximum Gasteiger partial charge on any atom is 0.274 e. The molecule has 1 aliphatic heterocycles. The molecule has 0 radical (unpaired) electrons. The van der Waals surface area contributed by atoms with Crippen molar-refractivity contribution in [2.45, 2.75) is 38.8 Å². The number of ether oxygens (including phenoxy) is 2. The Labute approximate surface area is 209 Å². The molecule has 1 N–H and O–H groups in total. The van der Waals surface area contributed by atoms with Gasteiger partial charge in [0.15, 0.2) is 0 Å². The summed E-state index contributed by atoms with van der Waals surface area (Å²) in [5.41, 5.74) is 3.11. The van der Waals surface area contributed by atoms with Crippen LogP contribution in [-0.4, -0.2) is 54.5 Å². The molecule has 8 heteroatoms. The summed E-state index contributed by atoms with van der Waals surface area (Å²) >= 11 is 1.55. The summed E-state index contributed by atoms with van der Waals surface area (Å²) in [6.07, 6.45) is 1.91. The highest BCUT2D eigenvalue weighted by molar-refractivity contribution is 7.15. The number of carbonyl (C=O) groups is 2. The van der Waals surface area contributed by atoms with Crippen LogP contribution in [0, 0.1) is 19.8 Å². The van der Waals surface area contributed by atoms with Gasteiger partial charge in [0.1, 0.15) is 17.2 Å². The highest BCUT2D eigenvalue weighted by Crippen LogP contribution is 2.49. The zero-order valence-corrected chi connectivity index (χ0v) is 21.1. The van der Waals surface area contributed by atoms with Crippen molar-refractivity contribution in [1.82, 2.24) is 15.2 Å². The fourth-order valence-corrected chi connectivity index (χ4v) is 5.93. The van der Waals surface area contributed by atoms with E-state index in [1.807, 2.05) is 36.9 Å². The number of nitrogens with one attached hydrogen (secondary N) is 1. The number of aryl methyl sites for hydroxylation is 2. The number of nitrogens with zero attached hydrogens (tertiary/aromatic N) is 2. The van der Waals surface area contributed by atoms with Crippen LogP contribution in [0.3, 0.4) is 0 Å². The zero-order chi connectivity index (χ0) is 24.7. The molecule has 1 saturated heterocycles. The first-order valence-corrected chi connectivity index (χ1v) is 12.6. The molecule has 182 valence electrons. The largest absolute Gasteiger partial charge is 0.497 e. The summed E-state index contributed by atoms with van der Waals surface area (Å²) in [6.45, 7) is 4.37. The number of fused-ring (bicyclic) bond motifs is 1.